The highest BCUT2D eigenvalue weighted by Gasteiger charge is 2.11. The fourth-order valence-electron chi connectivity index (χ4n) is 2.13. The van der Waals surface area contributed by atoms with Gasteiger partial charge in [-0.3, -0.25) is 4.79 Å². The summed E-state index contributed by atoms with van der Waals surface area (Å²) in [6, 6.07) is 14.5. The van der Waals surface area contributed by atoms with E-state index < -0.39 is 0 Å². The van der Waals surface area contributed by atoms with Crippen LogP contribution in [-0.2, 0) is 6.54 Å². The van der Waals surface area contributed by atoms with E-state index in [9.17, 15) is 4.79 Å². The molecule has 0 bridgehead atoms. The normalized spacial score (nSPS) is 10.4. The fourth-order valence-corrected chi connectivity index (χ4v) is 2.53. The third-order valence-corrected chi connectivity index (χ3v) is 3.84. The predicted octanol–water partition coefficient (Wildman–Crippen LogP) is 2.36. The summed E-state index contributed by atoms with van der Waals surface area (Å²) in [5, 5.41) is 14.4. The summed E-state index contributed by atoms with van der Waals surface area (Å²) < 4.78 is 7.55. The van der Waals surface area contributed by atoms with E-state index >= 15 is 0 Å². The van der Waals surface area contributed by atoms with Crippen LogP contribution in [0.2, 0.25) is 0 Å². The van der Waals surface area contributed by atoms with E-state index in [4.69, 9.17) is 4.74 Å². The second-order valence-corrected chi connectivity index (χ2v) is 5.81. The summed E-state index contributed by atoms with van der Waals surface area (Å²) in [6.07, 6.45) is 0. The number of amides is 1. The molecule has 1 aromatic heterocycles. The Labute approximate surface area is 146 Å². The maximum absolute atomic E-state index is 12.2. The highest BCUT2D eigenvalue weighted by Crippen LogP contribution is 2.15. The van der Waals surface area contributed by atoms with Crippen molar-refractivity contribution in [3.05, 3.63) is 64.4 Å². The van der Waals surface area contributed by atoms with Crippen LogP contribution in [0.1, 0.15) is 16.2 Å². The van der Waals surface area contributed by atoms with Crippen molar-refractivity contribution in [1.29, 1.82) is 0 Å². The van der Waals surface area contributed by atoms with Crippen molar-refractivity contribution >= 4 is 21.8 Å². The molecule has 0 aliphatic rings. The van der Waals surface area contributed by atoms with Gasteiger partial charge >= 0.3 is 0 Å². The van der Waals surface area contributed by atoms with Crippen molar-refractivity contribution < 1.29 is 9.53 Å². The van der Waals surface area contributed by atoms with Gasteiger partial charge in [0, 0.05) is 10.0 Å². The standard InChI is InChI=1S/C16H14BrN5O2/c1-24-14-7-5-13(6-8-14)22-15(19-20-21-22)10-18-16(23)11-3-2-4-12(17)9-11/h2-9H,10H2,1H3,(H,18,23). The number of carbonyl (C=O) groups is 1. The Morgan fingerprint density at radius 1 is 1.25 bits per heavy atom. The smallest absolute Gasteiger partial charge is 0.251 e. The molecule has 0 aliphatic heterocycles. The second kappa shape index (κ2) is 7.22. The Kier molecular flexibility index (Phi) is 4.85. The minimum atomic E-state index is -0.194. The molecule has 0 saturated carbocycles. The van der Waals surface area contributed by atoms with Gasteiger partial charge in [0.1, 0.15) is 5.75 Å². The van der Waals surface area contributed by atoms with Gasteiger partial charge in [-0.05, 0) is 52.9 Å². The van der Waals surface area contributed by atoms with Crippen molar-refractivity contribution in [3.8, 4) is 11.4 Å². The zero-order valence-corrected chi connectivity index (χ0v) is 14.4. The van der Waals surface area contributed by atoms with Gasteiger partial charge in [-0.1, -0.05) is 22.0 Å². The first-order valence-electron chi connectivity index (χ1n) is 7.13. The molecule has 0 saturated heterocycles. The van der Waals surface area contributed by atoms with Crippen LogP contribution >= 0.6 is 15.9 Å². The summed E-state index contributed by atoms with van der Waals surface area (Å²) in [5.41, 5.74) is 1.35. The molecule has 1 heterocycles. The van der Waals surface area contributed by atoms with Crippen molar-refractivity contribution in [2.45, 2.75) is 6.54 Å². The molecular weight excluding hydrogens is 374 g/mol. The Balaban J connectivity index is 1.72. The first-order chi connectivity index (χ1) is 11.7. The van der Waals surface area contributed by atoms with Gasteiger partial charge in [0.2, 0.25) is 0 Å². The average Bonchev–Trinajstić information content (AvgIpc) is 3.08. The first kappa shape index (κ1) is 16.1. The molecule has 7 nitrogen and oxygen atoms in total. The van der Waals surface area contributed by atoms with Crippen LogP contribution in [0, 0.1) is 0 Å². The molecule has 0 aliphatic carbocycles. The van der Waals surface area contributed by atoms with Crippen LogP contribution in [-0.4, -0.2) is 33.2 Å². The lowest BCUT2D eigenvalue weighted by Gasteiger charge is -2.07. The second-order valence-electron chi connectivity index (χ2n) is 4.90. The van der Waals surface area contributed by atoms with E-state index in [1.807, 2.05) is 30.3 Å². The molecule has 2 aromatic carbocycles. The van der Waals surface area contributed by atoms with Crippen molar-refractivity contribution in [2.24, 2.45) is 0 Å². The summed E-state index contributed by atoms with van der Waals surface area (Å²) in [7, 11) is 1.61. The molecule has 0 spiro atoms. The largest absolute Gasteiger partial charge is 0.497 e. The number of tetrazole rings is 1. The minimum absolute atomic E-state index is 0.194. The van der Waals surface area contributed by atoms with E-state index in [1.165, 1.54) is 0 Å². The van der Waals surface area contributed by atoms with E-state index in [0.29, 0.717) is 11.4 Å². The zero-order valence-electron chi connectivity index (χ0n) is 12.8. The average molecular weight is 388 g/mol. The van der Waals surface area contributed by atoms with Crippen molar-refractivity contribution in [3.63, 3.8) is 0 Å². The number of nitrogens with zero attached hydrogens (tertiary/aromatic N) is 4. The molecule has 3 rings (SSSR count). The number of carbonyl (C=O) groups excluding carboxylic acids is 1. The summed E-state index contributed by atoms with van der Waals surface area (Å²) in [6.45, 7) is 0.213. The van der Waals surface area contributed by atoms with Gasteiger partial charge in [0.05, 0.1) is 19.3 Å². The number of ether oxygens (including phenoxy) is 1. The number of hydrogen-bond donors (Lipinski definition) is 1. The van der Waals surface area contributed by atoms with Crippen molar-refractivity contribution in [1.82, 2.24) is 25.5 Å². The summed E-state index contributed by atoms with van der Waals surface area (Å²) in [5.74, 6) is 1.08. The molecule has 0 fully saturated rings. The van der Waals surface area contributed by atoms with E-state index in [0.717, 1.165) is 15.9 Å². The number of hydrogen-bond acceptors (Lipinski definition) is 5. The molecule has 0 unspecified atom stereocenters. The summed E-state index contributed by atoms with van der Waals surface area (Å²) >= 11 is 3.35. The molecule has 3 aromatic rings. The number of methoxy groups -OCH3 is 1. The molecule has 24 heavy (non-hydrogen) atoms. The molecule has 8 heteroatoms. The Bertz CT molecular complexity index is 848. The number of halogens is 1. The number of aromatic nitrogens is 4. The minimum Gasteiger partial charge on any atom is -0.497 e. The van der Waals surface area contributed by atoms with Crippen LogP contribution in [0.3, 0.4) is 0 Å². The van der Waals surface area contributed by atoms with Gasteiger partial charge in [-0.25, -0.2) is 0 Å². The SMILES string of the molecule is COc1ccc(-n2nnnc2CNC(=O)c2cccc(Br)c2)cc1. The Morgan fingerprint density at radius 2 is 2.04 bits per heavy atom. The molecular formula is C16H14BrN5O2. The molecule has 0 atom stereocenters. The van der Waals surface area contributed by atoms with Gasteiger partial charge < -0.3 is 10.1 Å². The summed E-state index contributed by atoms with van der Waals surface area (Å²) in [4.78, 5) is 12.2. The third kappa shape index (κ3) is 3.60. The lowest BCUT2D eigenvalue weighted by Crippen LogP contribution is -2.24. The van der Waals surface area contributed by atoms with Gasteiger partial charge in [0.25, 0.3) is 5.91 Å². The maximum Gasteiger partial charge on any atom is 0.251 e. The van der Waals surface area contributed by atoms with E-state index in [1.54, 1.807) is 30.0 Å². The third-order valence-electron chi connectivity index (χ3n) is 3.34. The lowest BCUT2D eigenvalue weighted by molar-refractivity contribution is 0.0949. The highest BCUT2D eigenvalue weighted by molar-refractivity contribution is 9.10. The molecule has 1 N–H and O–H groups in total. The van der Waals surface area contributed by atoms with Crippen LogP contribution in [0.15, 0.2) is 53.0 Å². The maximum atomic E-state index is 12.2. The fraction of sp³-hybridized carbons (Fsp3) is 0.125. The van der Waals surface area contributed by atoms with Gasteiger partial charge in [-0.15, -0.1) is 5.10 Å². The number of rotatable bonds is 5. The molecule has 1 amide bonds. The van der Waals surface area contributed by atoms with Crippen LogP contribution in [0.5, 0.6) is 5.75 Å². The Hall–Kier alpha value is -2.74. The quantitative estimate of drug-likeness (QED) is 0.726. The van der Waals surface area contributed by atoms with E-state index in [2.05, 4.69) is 36.8 Å². The zero-order chi connectivity index (χ0) is 16.9. The molecule has 122 valence electrons. The lowest BCUT2D eigenvalue weighted by atomic mass is 10.2. The topological polar surface area (TPSA) is 81.9 Å². The van der Waals surface area contributed by atoms with Crippen LogP contribution in [0.4, 0.5) is 0 Å². The van der Waals surface area contributed by atoms with Crippen LogP contribution in [0.25, 0.3) is 5.69 Å². The molecule has 0 radical (unpaired) electrons. The van der Waals surface area contributed by atoms with Crippen molar-refractivity contribution in [2.75, 3.05) is 7.11 Å². The predicted molar refractivity (Wildman–Crippen MR) is 91.0 cm³/mol. The first-order valence-corrected chi connectivity index (χ1v) is 7.92. The van der Waals surface area contributed by atoms with Gasteiger partial charge in [0.15, 0.2) is 5.82 Å². The highest BCUT2D eigenvalue weighted by atomic mass is 79.9. The van der Waals surface area contributed by atoms with E-state index in [-0.39, 0.29) is 12.5 Å². The Morgan fingerprint density at radius 3 is 2.75 bits per heavy atom. The van der Waals surface area contributed by atoms with Gasteiger partial charge in [-0.2, -0.15) is 4.68 Å². The van der Waals surface area contributed by atoms with Crippen LogP contribution < -0.4 is 10.1 Å². The number of nitrogens with one attached hydrogen (secondary N) is 1. The monoisotopic (exact) mass is 387 g/mol. The number of benzene rings is 2.